The third kappa shape index (κ3) is 2.87. The van der Waals surface area contributed by atoms with E-state index in [0.29, 0.717) is 12.2 Å². The van der Waals surface area contributed by atoms with E-state index in [1.54, 1.807) is 30.2 Å². The van der Waals surface area contributed by atoms with Gasteiger partial charge in [-0.1, -0.05) is 18.2 Å². The van der Waals surface area contributed by atoms with E-state index in [-0.39, 0.29) is 17.9 Å². The summed E-state index contributed by atoms with van der Waals surface area (Å²) in [5.74, 6) is 1.56. The Hall–Kier alpha value is -1.72. The molecule has 0 unspecified atom stereocenters. The maximum atomic E-state index is 13.1. The van der Waals surface area contributed by atoms with Crippen LogP contribution in [-0.4, -0.2) is 34.3 Å². The van der Waals surface area contributed by atoms with Crippen LogP contribution in [0.3, 0.4) is 0 Å². The number of likely N-dealkylation sites (tertiary alicyclic amines) is 1. The Morgan fingerprint density at radius 3 is 3.04 bits per heavy atom. The molecule has 2 aliphatic rings. The average Bonchev–Trinajstić information content (AvgIpc) is 3.34. The molecule has 1 saturated heterocycles. The van der Waals surface area contributed by atoms with Crippen molar-refractivity contribution in [2.45, 2.75) is 42.2 Å². The molecule has 1 aromatic carbocycles. The van der Waals surface area contributed by atoms with Gasteiger partial charge >= 0.3 is 0 Å². The molecule has 126 valence electrons. The van der Waals surface area contributed by atoms with Crippen molar-refractivity contribution in [3.05, 3.63) is 54.0 Å². The van der Waals surface area contributed by atoms with E-state index in [1.165, 1.54) is 4.90 Å². The van der Waals surface area contributed by atoms with Crippen molar-refractivity contribution in [1.29, 1.82) is 0 Å². The summed E-state index contributed by atoms with van der Waals surface area (Å²) in [7, 11) is 0. The number of benzene rings is 1. The SMILES string of the molecule is O=C([C@@H]1CSc2ccccc21)N1CCC[C@@H]1C[C@@H](O)c1ccco1. The molecule has 4 rings (SSSR count). The molecule has 0 spiro atoms. The summed E-state index contributed by atoms with van der Waals surface area (Å²) >= 11 is 1.76. The highest BCUT2D eigenvalue weighted by Crippen LogP contribution is 2.41. The Labute approximate surface area is 145 Å². The number of fused-ring (bicyclic) bond motifs is 1. The van der Waals surface area contributed by atoms with E-state index in [4.69, 9.17) is 4.42 Å². The van der Waals surface area contributed by atoms with Gasteiger partial charge in [0.15, 0.2) is 0 Å². The monoisotopic (exact) mass is 343 g/mol. The summed E-state index contributed by atoms with van der Waals surface area (Å²) in [4.78, 5) is 16.3. The largest absolute Gasteiger partial charge is 0.467 e. The van der Waals surface area contributed by atoms with E-state index in [1.807, 2.05) is 17.0 Å². The number of thioether (sulfide) groups is 1. The Bertz CT molecular complexity index is 715. The van der Waals surface area contributed by atoms with Crippen molar-refractivity contribution < 1.29 is 14.3 Å². The molecule has 5 heteroatoms. The maximum absolute atomic E-state index is 13.1. The molecule has 0 aliphatic carbocycles. The first-order valence-electron chi connectivity index (χ1n) is 8.47. The molecule has 4 nitrogen and oxygen atoms in total. The number of carbonyl (C=O) groups is 1. The van der Waals surface area contributed by atoms with Gasteiger partial charge in [-0.25, -0.2) is 0 Å². The van der Waals surface area contributed by atoms with Gasteiger partial charge in [-0.15, -0.1) is 11.8 Å². The highest BCUT2D eigenvalue weighted by Gasteiger charge is 2.37. The van der Waals surface area contributed by atoms with Crippen LogP contribution in [0.15, 0.2) is 52.0 Å². The average molecular weight is 343 g/mol. The lowest BCUT2D eigenvalue weighted by molar-refractivity contribution is -0.133. The van der Waals surface area contributed by atoms with Crippen molar-refractivity contribution >= 4 is 17.7 Å². The van der Waals surface area contributed by atoms with Gasteiger partial charge < -0.3 is 14.4 Å². The zero-order valence-electron chi connectivity index (χ0n) is 13.4. The molecule has 1 fully saturated rings. The fraction of sp³-hybridized carbons (Fsp3) is 0.421. The zero-order chi connectivity index (χ0) is 16.5. The number of furan rings is 1. The fourth-order valence-corrected chi connectivity index (χ4v) is 5.01. The van der Waals surface area contributed by atoms with Crippen LogP contribution in [0, 0.1) is 0 Å². The second-order valence-electron chi connectivity index (χ2n) is 6.50. The quantitative estimate of drug-likeness (QED) is 0.922. The van der Waals surface area contributed by atoms with Gasteiger partial charge in [0.25, 0.3) is 0 Å². The molecule has 3 atom stereocenters. The number of nitrogens with zero attached hydrogens (tertiary/aromatic N) is 1. The molecule has 1 N–H and O–H groups in total. The smallest absolute Gasteiger partial charge is 0.231 e. The number of amides is 1. The lowest BCUT2D eigenvalue weighted by Crippen LogP contribution is -2.39. The lowest BCUT2D eigenvalue weighted by atomic mass is 9.98. The summed E-state index contributed by atoms with van der Waals surface area (Å²) < 4.78 is 5.29. The minimum atomic E-state index is -0.649. The fourth-order valence-electron chi connectivity index (χ4n) is 3.79. The van der Waals surface area contributed by atoms with E-state index >= 15 is 0 Å². The third-order valence-corrected chi connectivity index (χ3v) is 6.21. The standard InChI is InChI=1S/C19H21NO3S/c21-16(17-7-4-10-23-17)11-13-5-3-9-20(13)19(22)15-12-24-18-8-2-1-6-14(15)18/h1-2,4,6-8,10,13,15-16,21H,3,5,9,11-12H2/t13-,15-,16-/m1/s1. The molecule has 0 bridgehead atoms. The van der Waals surface area contributed by atoms with E-state index in [0.717, 1.165) is 30.7 Å². The van der Waals surface area contributed by atoms with Gasteiger partial charge in [-0.05, 0) is 36.6 Å². The predicted octanol–water partition coefficient (Wildman–Crippen LogP) is 3.58. The number of aliphatic hydroxyl groups excluding tert-OH is 1. The Morgan fingerprint density at radius 2 is 2.21 bits per heavy atom. The molecule has 1 aromatic heterocycles. The highest BCUT2D eigenvalue weighted by atomic mass is 32.2. The van der Waals surface area contributed by atoms with E-state index in [9.17, 15) is 9.90 Å². The minimum Gasteiger partial charge on any atom is -0.467 e. The van der Waals surface area contributed by atoms with Crippen LogP contribution in [0.4, 0.5) is 0 Å². The topological polar surface area (TPSA) is 53.7 Å². The molecule has 0 radical (unpaired) electrons. The number of aliphatic hydroxyl groups is 1. The van der Waals surface area contributed by atoms with Gasteiger partial charge in [0.1, 0.15) is 11.9 Å². The van der Waals surface area contributed by atoms with Crippen LogP contribution in [0.1, 0.15) is 42.6 Å². The van der Waals surface area contributed by atoms with Gasteiger partial charge in [0.05, 0.1) is 12.2 Å². The zero-order valence-corrected chi connectivity index (χ0v) is 14.2. The first-order valence-corrected chi connectivity index (χ1v) is 9.46. The highest BCUT2D eigenvalue weighted by molar-refractivity contribution is 7.99. The van der Waals surface area contributed by atoms with Crippen molar-refractivity contribution in [1.82, 2.24) is 4.90 Å². The molecule has 3 heterocycles. The number of hydrogen-bond donors (Lipinski definition) is 1. The number of hydrogen-bond acceptors (Lipinski definition) is 4. The summed E-state index contributed by atoms with van der Waals surface area (Å²) in [5, 5.41) is 10.4. The van der Waals surface area contributed by atoms with Crippen LogP contribution in [0.5, 0.6) is 0 Å². The molecule has 2 aliphatic heterocycles. The van der Waals surface area contributed by atoms with E-state index in [2.05, 4.69) is 12.1 Å². The summed E-state index contributed by atoms with van der Waals surface area (Å²) in [6.07, 6.45) is 3.42. The van der Waals surface area contributed by atoms with Crippen molar-refractivity contribution in [3.8, 4) is 0 Å². The molecule has 0 saturated carbocycles. The van der Waals surface area contributed by atoms with Crippen LogP contribution in [0.25, 0.3) is 0 Å². The summed E-state index contributed by atoms with van der Waals surface area (Å²) in [5.41, 5.74) is 1.16. The Balaban J connectivity index is 1.48. The van der Waals surface area contributed by atoms with Crippen molar-refractivity contribution in [2.75, 3.05) is 12.3 Å². The lowest BCUT2D eigenvalue weighted by Gasteiger charge is -2.28. The van der Waals surface area contributed by atoms with Gasteiger partial charge in [0.2, 0.25) is 5.91 Å². The van der Waals surface area contributed by atoms with E-state index < -0.39 is 6.10 Å². The first kappa shape index (κ1) is 15.8. The molecular weight excluding hydrogens is 322 g/mol. The van der Waals surface area contributed by atoms with Crippen LogP contribution < -0.4 is 0 Å². The molecule has 2 aromatic rings. The van der Waals surface area contributed by atoms with Crippen LogP contribution in [-0.2, 0) is 4.79 Å². The molecule has 24 heavy (non-hydrogen) atoms. The second-order valence-corrected chi connectivity index (χ2v) is 7.56. The maximum Gasteiger partial charge on any atom is 0.231 e. The Kier molecular flexibility index (Phi) is 4.37. The van der Waals surface area contributed by atoms with Gasteiger partial charge in [-0.3, -0.25) is 4.79 Å². The van der Waals surface area contributed by atoms with Crippen LogP contribution in [0.2, 0.25) is 0 Å². The van der Waals surface area contributed by atoms with Gasteiger partial charge in [-0.2, -0.15) is 0 Å². The number of carbonyl (C=O) groups excluding carboxylic acids is 1. The van der Waals surface area contributed by atoms with Gasteiger partial charge in [0, 0.05) is 29.7 Å². The Morgan fingerprint density at radius 1 is 1.33 bits per heavy atom. The minimum absolute atomic E-state index is 0.0486. The summed E-state index contributed by atoms with van der Waals surface area (Å²) in [6, 6.07) is 11.9. The third-order valence-electron chi connectivity index (χ3n) is 5.03. The second kappa shape index (κ2) is 6.65. The summed E-state index contributed by atoms with van der Waals surface area (Å²) in [6.45, 7) is 0.789. The predicted molar refractivity (Wildman–Crippen MR) is 92.9 cm³/mol. The normalized spacial score (nSPS) is 24.1. The molecular formula is C19H21NO3S. The number of rotatable bonds is 4. The van der Waals surface area contributed by atoms with Crippen LogP contribution >= 0.6 is 11.8 Å². The molecule has 1 amide bonds. The van der Waals surface area contributed by atoms with Crippen molar-refractivity contribution in [2.24, 2.45) is 0 Å². The van der Waals surface area contributed by atoms with Crippen molar-refractivity contribution in [3.63, 3.8) is 0 Å². The first-order chi connectivity index (χ1) is 11.7.